The fourth-order valence-electron chi connectivity index (χ4n) is 1.71. The van der Waals surface area contributed by atoms with Gasteiger partial charge in [-0.3, -0.25) is 4.79 Å². The molecule has 2 atom stereocenters. The number of rotatable bonds is 6. The summed E-state index contributed by atoms with van der Waals surface area (Å²) in [6, 6.07) is -0.805. The predicted molar refractivity (Wildman–Crippen MR) is 66.2 cm³/mol. The van der Waals surface area contributed by atoms with E-state index in [-0.39, 0.29) is 5.91 Å². The number of thioether (sulfide) groups is 1. The molecule has 1 aliphatic rings. The third kappa shape index (κ3) is 4.95. The third-order valence-electron chi connectivity index (χ3n) is 2.70. The number of hydrogen-bond acceptors (Lipinski definition) is 4. The molecule has 1 amide bonds. The van der Waals surface area contributed by atoms with Crippen LogP contribution in [0.15, 0.2) is 0 Å². The number of carboxylic acid groups (broad SMARTS) is 1. The van der Waals surface area contributed by atoms with Crippen molar-refractivity contribution in [2.45, 2.75) is 37.8 Å². The average Bonchev–Trinajstić information content (AvgIpc) is 2.35. The van der Waals surface area contributed by atoms with Gasteiger partial charge in [0, 0.05) is 6.61 Å². The SMILES string of the molecule is CSCC[C@H](NC(=O)C1CCCCO1)C(=O)O. The first-order chi connectivity index (χ1) is 8.15. The number of amides is 1. The van der Waals surface area contributed by atoms with Gasteiger partial charge in [0.25, 0.3) is 0 Å². The van der Waals surface area contributed by atoms with Crippen LogP contribution in [0.2, 0.25) is 0 Å². The van der Waals surface area contributed by atoms with E-state index < -0.39 is 18.1 Å². The Hall–Kier alpha value is -0.750. The number of carbonyl (C=O) groups excluding carboxylic acids is 1. The van der Waals surface area contributed by atoms with E-state index in [0.717, 1.165) is 12.8 Å². The maximum Gasteiger partial charge on any atom is 0.326 e. The Bertz CT molecular complexity index is 266. The summed E-state index contributed by atoms with van der Waals surface area (Å²) in [5, 5.41) is 11.5. The van der Waals surface area contributed by atoms with Crippen molar-refractivity contribution in [3.63, 3.8) is 0 Å². The molecule has 0 spiro atoms. The van der Waals surface area contributed by atoms with Crippen LogP contribution in [0.1, 0.15) is 25.7 Å². The Balaban J connectivity index is 2.42. The zero-order chi connectivity index (χ0) is 12.7. The summed E-state index contributed by atoms with van der Waals surface area (Å²) >= 11 is 1.56. The molecule has 6 heteroatoms. The lowest BCUT2D eigenvalue weighted by atomic mass is 10.1. The number of ether oxygens (including phenoxy) is 1. The van der Waals surface area contributed by atoms with Crippen LogP contribution in [0.5, 0.6) is 0 Å². The van der Waals surface area contributed by atoms with Gasteiger partial charge >= 0.3 is 5.97 Å². The van der Waals surface area contributed by atoms with Gasteiger partial charge in [0.1, 0.15) is 12.1 Å². The number of nitrogens with one attached hydrogen (secondary N) is 1. The van der Waals surface area contributed by atoms with E-state index in [1.165, 1.54) is 0 Å². The van der Waals surface area contributed by atoms with E-state index in [0.29, 0.717) is 25.2 Å². The van der Waals surface area contributed by atoms with Crippen LogP contribution in [0.25, 0.3) is 0 Å². The van der Waals surface area contributed by atoms with Crippen molar-refractivity contribution < 1.29 is 19.4 Å². The lowest BCUT2D eigenvalue weighted by molar-refractivity contribution is -0.145. The maximum atomic E-state index is 11.8. The first kappa shape index (κ1) is 14.3. The number of hydrogen-bond donors (Lipinski definition) is 2. The summed E-state index contributed by atoms with van der Waals surface area (Å²) in [4.78, 5) is 22.7. The van der Waals surface area contributed by atoms with Gasteiger partial charge in [-0.15, -0.1) is 0 Å². The topological polar surface area (TPSA) is 75.6 Å². The number of aliphatic carboxylic acids is 1. The van der Waals surface area contributed by atoms with Gasteiger partial charge in [0.2, 0.25) is 5.91 Å². The van der Waals surface area contributed by atoms with Crippen LogP contribution >= 0.6 is 11.8 Å². The van der Waals surface area contributed by atoms with Crippen molar-refractivity contribution in [1.29, 1.82) is 0 Å². The Morgan fingerprint density at radius 1 is 1.53 bits per heavy atom. The zero-order valence-corrected chi connectivity index (χ0v) is 10.8. The largest absolute Gasteiger partial charge is 0.480 e. The molecule has 1 unspecified atom stereocenters. The van der Waals surface area contributed by atoms with E-state index in [9.17, 15) is 9.59 Å². The molecule has 1 aliphatic heterocycles. The van der Waals surface area contributed by atoms with Crippen LogP contribution in [0.3, 0.4) is 0 Å². The fraction of sp³-hybridized carbons (Fsp3) is 0.818. The molecular weight excluding hydrogens is 242 g/mol. The summed E-state index contributed by atoms with van der Waals surface area (Å²) in [7, 11) is 0. The second kappa shape index (κ2) is 7.55. The second-order valence-electron chi connectivity index (χ2n) is 4.04. The van der Waals surface area contributed by atoms with E-state index in [4.69, 9.17) is 9.84 Å². The van der Waals surface area contributed by atoms with Crippen LogP contribution in [0.4, 0.5) is 0 Å². The highest BCUT2D eigenvalue weighted by molar-refractivity contribution is 7.98. The molecule has 1 rings (SSSR count). The maximum absolute atomic E-state index is 11.8. The van der Waals surface area contributed by atoms with Crippen LogP contribution in [-0.2, 0) is 14.3 Å². The van der Waals surface area contributed by atoms with Crippen molar-refractivity contribution in [3.8, 4) is 0 Å². The molecule has 1 heterocycles. The third-order valence-corrected chi connectivity index (χ3v) is 3.34. The Labute approximate surface area is 105 Å². The molecule has 0 aromatic carbocycles. The second-order valence-corrected chi connectivity index (χ2v) is 5.02. The molecule has 5 nitrogen and oxygen atoms in total. The molecule has 0 saturated carbocycles. The normalized spacial score (nSPS) is 21.8. The Morgan fingerprint density at radius 3 is 2.82 bits per heavy atom. The number of carbonyl (C=O) groups is 2. The lowest BCUT2D eigenvalue weighted by Crippen LogP contribution is -2.47. The quantitative estimate of drug-likeness (QED) is 0.742. The van der Waals surface area contributed by atoms with Crippen LogP contribution < -0.4 is 5.32 Å². The first-order valence-electron chi connectivity index (χ1n) is 5.79. The fourth-order valence-corrected chi connectivity index (χ4v) is 2.18. The van der Waals surface area contributed by atoms with Gasteiger partial charge in [-0.25, -0.2) is 4.79 Å². The Morgan fingerprint density at radius 2 is 2.29 bits per heavy atom. The van der Waals surface area contributed by atoms with Gasteiger partial charge < -0.3 is 15.2 Å². The highest BCUT2D eigenvalue weighted by Crippen LogP contribution is 2.13. The minimum atomic E-state index is -0.983. The van der Waals surface area contributed by atoms with Crippen LogP contribution in [0, 0.1) is 0 Å². The van der Waals surface area contributed by atoms with E-state index in [1.807, 2.05) is 6.26 Å². The molecule has 0 aromatic heterocycles. The molecular formula is C11H19NO4S. The van der Waals surface area contributed by atoms with Gasteiger partial charge in [-0.1, -0.05) is 0 Å². The minimum Gasteiger partial charge on any atom is -0.480 e. The first-order valence-corrected chi connectivity index (χ1v) is 7.18. The molecule has 0 bridgehead atoms. The van der Waals surface area contributed by atoms with E-state index >= 15 is 0 Å². The standard InChI is InChI=1S/C11H19NO4S/c1-17-7-5-8(11(14)15)12-10(13)9-4-2-3-6-16-9/h8-9H,2-7H2,1H3,(H,12,13)(H,14,15)/t8-,9?/m0/s1. The molecule has 0 radical (unpaired) electrons. The molecule has 0 aliphatic carbocycles. The molecule has 1 fully saturated rings. The lowest BCUT2D eigenvalue weighted by Gasteiger charge is -2.23. The van der Waals surface area contributed by atoms with Crippen molar-refractivity contribution in [2.24, 2.45) is 0 Å². The van der Waals surface area contributed by atoms with E-state index in [2.05, 4.69) is 5.32 Å². The molecule has 0 aromatic rings. The molecule has 2 N–H and O–H groups in total. The zero-order valence-electron chi connectivity index (χ0n) is 9.98. The predicted octanol–water partition coefficient (Wildman–Crippen LogP) is 0.878. The van der Waals surface area contributed by atoms with Gasteiger partial charge in [0.15, 0.2) is 0 Å². The highest BCUT2D eigenvalue weighted by Gasteiger charge is 2.26. The summed E-state index contributed by atoms with van der Waals surface area (Å²) in [5.41, 5.74) is 0. The van der Waals surface area contributed by atoms with E-state index in [1.54, 1.807) is 11.8 Å². The van der Waals surface area contributed by atoms with Gasteiger partial charge in [-0.05, 0) is 37.7 Å². The van der Waals surface area contributed by atoms with Crippen LogP contribution in [-0.4, -0.2) is 47.7 Å². The average molecular weight is 261 g/mol. The minimum absolute atomic E-state index is 0.293. The van der Waals surface area contributed by atoms with Crippen molar-refractivity contribution in [2.75, 3.05) is 18.6 Å². The summed E-state index contributed by atoms with van der Waals surface area (Å²) in [6.45, 7) is 0.584. The molecule has 98 valence electrons. The smallest absolute Gasteiger partial charge is 0.326 e. The summed E-state index contributed by atoms with van der Waals surface area (Å²) < 4.78 is 5.31. The number of carboxylic acids is 1. The van der Waals surface area contributed by atoms with Gasteiger partial charge in [0.05, 0.1) is 0 Å². The van der Waals surface area contributed by atoms with Crippen molar-refractivity contribution in [1.82, 2.24) is 5.32 Å². The molecule has 17 heavy (non-hydrogen) atoms. The van der Waals surface area contributed by atoms with Crippen molar-refractivity contribution >= 4 is 23.6 Å². The summed E-state index contributed by atoms with van der Waals surface area (Å²) in [6.07, 6.45) is 4.49. The van der Waals surface area contributed by atoms with Crippen molar-refractivity contribution in [3.05, 3.63) is 0 Å². The Kier molecular flexibility index (Phi) is 6.36. The summed E-state index contributed by atoms with van der Waals surface area (Å²) in [5.74, 6) is -0.565. The molecule has 1 saturated heterocycles. The highest BCUT2D eigenvalue weighted by atomic mass is 32.2. The monoisotopic (exact) mass is 261 g/mol. The van der Waals surface area contributed by atoms with Gasteiger partial charge in [-0.2, -0.15) is 11.8 Å².